The van der Waals surface area contributed by atoms with Gasteiger partial charge in [0.1, 0.15) is 11.6 Å². The van der Waals surface area contributed by atoms with Crippen LogP contribution < -0.4 is 15.4 Å². The van der Waals surface area contributed by atoms with Crippen molar-refractivity contribution in [1.29, 1.82) is 0 Å². The molecule has 0 unspecified atom stereocenters. The summed E-state index contributed by atoms with van der Waals surface area (Å²) in [6.07, 6.45) is 0.110. The molecule has 0 radical (unpaired) electrons. The van der Waals surface area contributed by atoms with Crippen molar-refractivity contribution in [2.24, 2.45) is 0 Å². The molecular weight excluding hydrogens is 426 g/mol. The van der Waals surface area contributed by atoms with Gasteiger partial charge in [0, 0.05) is 18.8 Å². The van der Waals surface area contributed by atoms with Crippen molar-refractivity contribution < 1.29 is 14.3 Å². The third kappa shape index (κ3) is 6.58. The van der Waals surface area contributed by atoms with Gasteiger partial charge in [-0.2, -0.15) is 0 Å². The van der Waals surface area contributed by atoms with E-state index in [4.69, 9.17) is 4.74 Å². The molecule has 0 aliphatic heterocycles. The molecule has 0 atom stereocenters. The molecule has 2 amide bonds. The number of carbonyl (C=O) groups excluding carboxylic acids is 2. The number of aromatic nitrogens is 3. The number of amides is 2. The van der Waals surface area contributed by atoms with Gasteiger partial charge in [0.05, 0.1) is 19.3 Å². The first kappa shape index (κ1) is 23.3. The zero-order chi connectivity index (χ0) is 22.9. The van der Waals surface area contributed by atoms with Gasteiger partial charge >= 0.3 is 0 Å². The molecule has 168 valence electrons. The summed E-state index contributed by atoms with van der Waals surface area (Å²) in [4.78, 5) is 24.7. The van der Waals surface area contributed by atoms with Crippen LogP contribution in [0.4, 0.5) is 5.69 Å². The van der Waals surface area contributed by atoms with Crippen molar-refractivity contribution in [2.45, 2.75) is 38.5 Å². The molecule has 0 saturated heterocycles. The minimum atomic E-state index is -0.161. The van der Waals surface area contributed by atoms with Crippen LogP contribution in [0.3, 0.4) is 0 Å². The van der Waals surface area contributed by atoms with Gasteiger partial charge in [0.15, 0.2) is 5.16 Å². The molecule has 1 heterocycles. The Morgan fingerprint density at radius 1 is 1.09 bits per heavy atom. The van der Waals surface area contributed by atoms with Crippen molar-refractivity contribution in [1.82, 2.24) is 20.1 Å². The number of rotatable bonds is 10. The summed E-state index contributed by atoms with van der Waals surface area (Å²) in [5.41, 5.74) is 2.81. The van der Waals surface area contributed by atoms with E-state index in [-0.39, 0.29) is 24.0 Å². The maximum absolute atomic E-state index is 12.4. The van der Waals surface area contributed by atoms with Gasteiger partial charge < -0.3 is 19.9 Å². The highest BCUT2D eigenvalue weighted by Crippen LogP contribution is 2.18. The van der Waals surface area contributed by atoms with Crippen molar-refractivity contribution in [3.05, 3.63) is 65.5 Å². The summed E-state index contributed by atoms with van der Waals surface area (Å²) < 4.78 is 6.99. The lowest BCUT2D eigenvalue weighted by Crippen LogP contribution is -2.24. The van der Waals surface area contributed by atoms with Crippen LogP contribution in [0.5, 0.6) is 5.75 Å². The van der Waals surface area contributed by atoms with Crippen LogP contribution in [0.2, 0.25) is 0 Å². The lowest BCUT2D eigenvalue weighted by molar-refractivity contribution is -0.118. The highest BCUT2D eigenvalue weighted by atomic mass is 32.2. The molecule has 3 rings (SSSR count). The van der Waals surface area contributed by atoms with Crippen LogP contribution in [0, 0.1) is 6.92 Å². The Morgan fingerprint density at radius 3 is 2.56 bits per heavy atom. The Hall–Kier alpha value is -3.33. The SMILES string of the molecule is CCn1c(CC(=O)Nc2cccc(C)c2)nnc1SCC(=O)NCc1ccc(OC)cc1. The molecule has 0 aliphatic rings. The van der Waals surface area contributed by atoms with Crippen LogP contribution in [-0.2, 0) is 29.1 Å². The number of nitrogens with one attached hydrogen (secondary N) is 2. The quantitative estimate of drug-likeness (QED) is 0.458. The molecule has 32 heavy (non-hydrogen) atoms. The van der Waals surface area contributed by atoms with E-state index in [2.05, 4.69) is 20.8 Å². The summed E-state index contributed by atoms with van der Waals surface area (Å²) in [5.74, 6) is 1.29. The predicted octanol–water partition coefficient (Wildman–Crippen LogP) is 3.20. The first-order valence-corrected chi connectivity index (χ1v) is 11.3. The molecule has 0 bridgehead atoms. The first-order chi connectivity index (χ1) is 15.5. The molecule has 0 fully saturated rings. The Balaban J connectivity index is 1.51. The summed E-state index contributed by atoms with van der Waals surface area (Å²) in [6.45, 7) is 4.98. The fourth-order valence-electron chi connectivity index (χ4n) is 3.07. The standard InChI is InChI=1S/C23H27N5O3S/c1-4-28-20(13-21(29)25-18-7-5-6-16(2)12-18)26-27-23(28)32-15-22(30)24-14-17-8-10-19(31-3)11-9-17/h5-12H,4,13-15H2,1-3H3,(H,24,30)(H,25,29). The fourth-order valence-corrected chi connectivity index (χ4v) is 3.92. The number of methoxy groups -OCH3 is 1. The van der Waals surface area contributed by atoms with E-state index < -0.39 is 0 Å². The molecule has 0 aliphatic carbocycles. The number of benzene rings is 2. The second-order valence-electron chi connectivity index (χ2n) is 7.15. The zero-order valence-electron chi connectivity index (χ0n) is 18.4. The summed E-state index contributed by atoms with van der Waals surface area (Å²) in [7, 11) is 1.62. The number of hydrogen-bond donors (Lipinski definition) is 2. The Morgan fingerprint density at radius 2 is 1.88 bits per heavy atom. The predicted molar refractivity (Wildman–Crippen MR) is 125 cm³/mol. The molecule has 2 aromatic carbocycles. The first-order valence-electron chi connectivity index (χ1n) is 10.3. The van der Waals surface area contributed by atoms with E-state index in [1.54, 1.807) is 7.11 Å². The highest BCUT2D eigenvalue weighted by Gasteiger charge is 2.16. The van der Waals surface area contributed by atoms with E-state index in [1.807, 2.05) is 66.9 Å². The maximum atomic E-state index is 12.4. The lowest BCUT2D eigenvalue weighted by atomic mass is 10.2. The molecule has 0 saturated carbocycles. The third-order valence-corrected chi connectivity index (χ3v) is 5.68. The summed E-state index contributed by atoms with van der Waals surface area (Å²) in [6, 6.07) is 15.2. The molecule has 9 heteroatoms. The molecule has 8 nitrogen and oxygen atoms in total. The van der Waals surface area contributed by atoms with Crippen LogP contribution in [0.25, 0.3) is 0 Å². The molecule has 0 spiro atoms. The second-order valence-corrected chi connectivity index (χ2v) is 8.09. The van der Waals surface area contributed by atoms with Crippen LogP contribution in [0.15, 0.2) is 53.7 Å². The monoisotopic (exact) mass is 453 g/mol. The molecule has 3 aromatic rings. The number of ether oxygens (including phenoxy) is 1. The van der Waals surface area contributed by atoms with E-state index >= 15 is 0 Å². The van der Waals surface area contributed by atoms with E-state index in [0.29, 0.717) is 24.1 Å². The third-order valence-electron chi connectivity index (χ3n) is 4.71. The number of anilines is 1. The van der Waals surface area contributed by atoms with Crippen molar-refractivity contribution in [2.75, 3.05) is 18.2 Å². The van der Waals surface area contributed by atoms with Gasteiger partial charge in [-0.3, -0.25) is 9.59 Å². The van der Waals surface area contributed by atoms with Gasteiger partial charge in [-0.15, -0.1) is 10.2 Å². The lowest BCUT2D eigenvalue weighted by Gasteiger charge is -2.09. The van der Waals surface area contributed by atoms with Crippen molar-refractivity contribution >= 4 is 29.3 Å². The number of carbonyl (C=O) groups is 2. The van der Waals surface area contributed by atoms with Crippen molar-refractivity contribution in [3.63, 3.8) is 0 Å². The van der Waals surface area contributed by atoms with Gasteiger partial charge in [-0.05, 0) is 49.2 Å². The van der Waals surface area contributed by atoms with Gasteiger partial charge in [0.25, 0.3) is 0 Å². The number of nitrogens with zero attached hydrogens (tertiary/aromatic N) is 3. The molecular formula is C23H27N5O3S. The molecule has 2 N–H and O–H groups in total. The second kappa shape index (κ2) is 11.3. The van der Waals surface area contributed by atoms with Crippen molar-refractivity contribution in [3.8, 4) is 5.75 Å². The van der Waals surface area contributed by atoms with E-state index in [9.17, 15) is 9.59 Å². The minimum Gasteiger partial charge on any atom is -0.497 e. The highest BCUT2D eigenvalue weighted by molar-refractivity contribution is 7.99. The van der Waals surface area contributed by atoms with Crippen LogP contribution >= 0.6 is 11.8 Å². The normalized spacial score (nSPS) is 10.6. The number of hydrogen-bond acceptors (Lipinski definition) is 6. The Labute approximate surface area is 191 Å². The average Bonchev–Trinajstić information content (AvgIpc) is 3.17. The smallest absolute Gasteiger partial charge is 0.232 e. The number of thioether (sulfide) groups is 1. The van der Waals surface area contributed by atoms with Crippen LogP contribution in [0.1, 0.15) is 23.9 Å². The Bertz CT molecular complexity index is 1070. The van der Waals surface area contributed by atoms with E-state index in [1.165, 1.54) is 11.8 Å². The average molecular weight is 454 g/mol. The topological polar surface area (TPSA) is 98.1 Å². The Kier molecular flexibility index (Phi) is 8.27. The van der Waals surface area contributed by atoms with Gasteiger partial charge in [-0.25, -0.2) is 0 Å². The minimum absolute atomic E-state index is 0.102. The van der Waals surface area contributed by atoms with Crippen LogP contribution in [-0.4, -0.2) is 39.4 Å². The van der Waals surface area contributed by atoms with Gasteiger partial charge in [0.2, 0.25) is 11.8 Å². The number of aryl methyl sites for hydroxylation is 1. The summed E-state index contributed by atoms with van der Waals surface area (Å²) in [5, 5.41) is 14.7. The van der Waals surface area contributed by atoms with E-state index in [0.717, 1.165) is 22.6 Å². The maximum Gasteiger partial charge on any atom is 0.232 e. The summed E-state index contributed by atoms with van der Waals surface area (Å²) >= 11 is 1.30. The fraction of sp³-hybridized carbons (Fsp3) is 0.304. The largest absolute Gasteiger partial charge is 0.497 e. The zero-order valence-corrected chi connectivity index (χ0v) is 19.2. The molecule has 1 aromatic heterocycles. The van der Waals surface area contributed by atoms with Gasteiger partial charge in [-0.1, -0.05) is 36.0 Å².